The molecule has 0 atom stereocenters. The van der Waals surface area contributed by atoms with E-state index in [4.69, 9.17) is 11.6 Å². The zero-order chi connectivity index (χ0) is 14.6. The number of hydrogen-bond donors (Lipinski definition) is 3. The molecule has 8 nitrogen and oxygen atoms in total. The first-order valence-corrected chi connectivity index (χ1v) is 6.31. The van der Waals surface area contributed by atoms with Crippen LogP contribution in [0.25, 0.3) is 22.3 Å². The van der Waals surface area contributed by atoms with Crippen molar-refractivity contribution in [2.75, 3.05) is 16.9 Å². The van der Waals surface area contributed by atoms with E-state index in [1.54, 1.807) is 0 Å². The number of hydrogen-bond acceptors (Lipinski definition) is 6. The van der Waals surface area contributed by atoms with Gasteiger partial charge < -0.3 is 16.9 Å². The summed E-state index contributed by atoms with van der Waals surface area (Å²) >= 11 is 0. The van der Waals surface area contributed by atoms with E-state index in [2.05, 4.69) is 20.4 Å². The molecule has 1 amide bonds. The predicted molar refractivity (Wildman–Crippen MR) is 77.7 cm³/mol. The second kappa shape index (κ2) is 3.92. The summed E-state index contributed by atoms with van der Waals surface area (Å²) in [5.41, 5.74) is 9.55. The SMILES string of the molecule is Nc1ncnc2c1c(-c1ccc3c(c1)CC(=O)N3)nn2N. The molecule has 104 valence electrons. The maximum absolute atomic E-state index is 11.4. The van der Waals surface area contributed by atoms with Crippen LogP contribution in [0.1, 0.15) is 5.56 Å². The van der Waals surface area contributed by atoms with Crippen LogP contribution >= 0.6 is 0 Å². The largest absolute Gasteiger partial charge is 0.383 e. The number of amides is 1. The third-order valence-electron chi connectivity index (χ3n) is 3.52. The molecule has 1 aromatic carbocycles. The number of aromatic nitrogens is 4. The van der Waals surface area contributed by atoms with E-state index in [1.165, 1.54) is 11.1 Å². The number of nitrogens with two attached hydrogens (primary N) is 2. The molecule has 2 aromatic heterocycles. The first kappa shape index (κ1) is 11.6. The van der Waals surface area contributed by atoms with E-state index in [0.29, 0.717) is 29.0 Å². The number of fused-ring (bicyclic) bond motifs is 2. The quantitative estimate of drug-likeness (QED) is 0.550. The lowest BCUT2D eigenvalue weighted by Gasteiger charge is -2.02. The fourth-order valence-electron chi connectivity index (χ4n) is 2.57. The molecule has 1 aliphatic rings. The van der Waals surface area contributed by atoms with E-state index in [9.17, 15) is 4.79 Å². The number of carbonyl (C=O) groups excluding carboxylic acids is 1. The number of benzene rings is 1. The minimum absolute atomic E-state index is 0.0146. The highest BCUT2D eigenvalue weighted by molar-refractivity contribution is 6.02. The van der Waals surface area contributed by atoms with Crippen LogP contribution in [0.2, 0.25) is 0 Å². The molecule has 0 unspecified atom stereocenters. The molecule has 3 aromatic rings. The molecule has 0 radical (unpaired) electrons. The van der Waals surface area contributed by atoms with Crippen LogP contribution in [0, 0.1) is 0 Å². The van der Waals surface area contributed by atoms with Crippen molar-refractivity contribution in [3.05, 3.63) is 30.1 Å². The number of carbonyl (C=O) groups is 1. The number of rotatable bonds is 1. The van der Waals surface area contributed by atoms with Crippen molar-refractivity contribution < 1.29 is 4.79 Å². The summed E-state index contributed by atoms with van der Waals surface area (Å²) in [6, 6.07) is 5.61. The van der Waals surface area contributed by atoms with Gasteiger partial charge in [-0.25, -0.2) is 9.97 Å². The van der Waals surface area contributed by atoms with Gasteiger partial charge in [-0.05, 0) is 17.7 Å². The number of anilines is 2. The first-order valence-electron chi connectivity index (χ1n) is 6.31. The third kappa shape index (κ3) is 1.62. The summed E-state index contributed by atoms with van der Waals surface area (Å²) in [7, 11) is 0. The number of nitrogens with zero attached hydrogens (tertiary/aromatic N) is 4. The predicted octanol–water partition coefficient (Wildman–Crippen LogP) is 0.284. The Labute approximate surface area is 118 Å². The Morgan fingerprint density at radius 3 is 3.00 bits per heavy atom. The Balaban J connectivity index is 1.96. The van der Waals surface area contributed by atoms with Gasteiger partial charge in [-0.2, -0.15) is 4.79 Å². The minimum atomic E-state index is -0.0146. The molecule has 0 saturated heterocycles. The lowest BCUT2D eigenvalue weighted by molar-refractivity contribution is -0.115. The van der Waals surface area contributed by atoms with E-state index in [0.717, 1.165) is 16.8 Å². The molecule has 0 fully saturated rings. The molecule has 0 spiro atoms. The van der Waals surface area contributed by atoms with Gasteiger partial charge in [0.05, 0.1) is 11.8 Å². The van der Waals surface area contributed by atoms with Crippen LogP contribution in [0.3, 0.4) is 0 Å². The van der Waals surface area contributed by atoms with Gasteiger partial charge in [-0.15, -0.1) is 5.10 Å². The Hall–Kier alpha value is -3.16. The second-order valence-corrected chi connectivity index (χ2v) is 4.85. The minimum Gasteiger partial charge on any atom is -0.383 e. The highest BCUT2D eigenvalue weighted by Crippen LogP contribution is 2.33. The summed E-state index contributed by atoms with van der Waals surface area (Å²) in [5, 5.41) is 7.67. The Morgan fingerprint density at radius 1 is 1.29 bits per heavy atom. The Bertz CT molecular complexity index is 899. The highest BCUT2D eigenvalue weighted by atomic mass is 16.1. The van der Waals surface area contributed by atoms with Crippen LogP contribution < -0.4 is 16.9 Å². The van der Waals surface area contributed by atoms with Gasteiger partial charge in [0.1, 0.15) is 17.8 Å². The van der Waals surface area contributed by atoms with Crippen LogP contribution in [0.4, 0.5) is 11.5 Å². The van der Waals surface area contributed by atoms with Gasteiger partial charge in [0, 0.05) is 11.3 Å². The Kier molecular flexibility index (Phi) is 2.17. The summed E-state index contributed by atoms with van der Waals surface area (Å²) in [4.78, 5) is 20.7. The number of nitrogen functional groups attached to an aromatic ring is 2. The van der Waals surface area contributed by atoms with Crippen LogP contribution in [-0.4, -0.2) is 25.8 Å². The normalized spacial score (nSPS) is 13.4. The molecule has 1 aliphatic heterocycles. The summed E-state index contributed by atoms with van der Waals surface area (Å²) in [6.45, 7) is 0. The number of nitrogens with one attached hydrogen (secondary N) is 1. The van der Waals surface area contributed by atoms with Crippen molar-refractivity contribution in [3.63, 3.8) is 0 Å². The maximum atomic E-state index is 11.4. The second-order valence-electron chi connectivity index (χ2n) is 4.85. The first-order chi connectivity index (χ1) is 10.1. The Morgan fingerprint density at radius 2 is 2.14 bits per heavy atom. The smallest absolute Gasteiger partial charge is 0.228 e. The molecule has 0 bridgehead atoms. The maximum Gasteiger partial charge on any atom is 0.228 e. The van der Waals surface area contributed by atoms with Gasteiger partial charge in [0.25, 0.3) is 0 Å². The van der Waals surface area contributed by atoms with Crippen LogP contribution in [-0.2, 0) is 11.2 Å². The molecule has 21 heavy (non-hydrogen) atoms. The summed E-state index contributed by atoms with van der Waals surface area (Å²) < 4.78 is 0. The zero-order valence-electron chi connectivity index (χ0n) is 10.9. The van der Waals surface area contributed by atoms with E-state index < -0.39 is 0 Å². The van der Waals surface area contributed by atoms with E-state index in [-0.39, 0.29) is 5.91 Å². The monoisotopic (exact) mass is 281 g/mol. The lowest BCUT2D eigenvalue weighted by atomic mass is 10.0. The van der Waals surface area contributed by atoms with Gasteiger partial charge >= 0.3 is 0 Å². The van der Waals surface area contributed by atoms with Crippen molar-refractivity contribution in [3.8, 4) is 11.3 Å². The molecule has 0 saturated carbocycles. The van der Waals surface area contributed by atoms with Crippen LogP contribution in [0.15, 0.2) is 24.5 Å². The van der Waals surface area contributed by atoms with E-state index >= 15 is 0 Å². The van der Waals surface area contributed by atoms with Gasteiger partial charge in [-0.1, -0.05) is 6.07 Å². The van der Waals surface area contributed by atoms with Gasteiger partial charge in [0.2, 0.25) is 5.91 Å². The molecule has 0 aliphatic carbocycles. The van der Waals surface area contributed by atoms with Crippen molar-refractivity contribution in [2.45, 2.75) is 6.42 Å². The molecule has 5 N–H and O–H groups in total. The molecule has 4 rings (SSSR count). The zero-order valence-corrected chi connectivity index (χ0v) is 10.9. The molecular formula is C13H11N7O. The highest BCUT2D eigenvalue weighted by Gasteiger charge is 2.21. The van der Waals surface area contributed by atoms with Gasteiger partial charge in [0.15, 0.2) is 5.65 Å². The summed E-state index contributed by atoms with van der Waals surface area (Å²) in [6.07, 6.45) is 1.70. The molecule has 8 heteroatoms. The standard InChI is InChI=1S/C13H11N7O/c14-12-10-11(19-20(15)13(10)17-5-16-12)6-1-2-8-7(3-6)4-9(21)18-8/h1-3,5H,4,15H2,(H,18,21)(H2,14,16,17). The average Bonchev–Trinajstić information content (AvgIpc) is 2.99. The van der Waals surface area contributed by atoms with Crippen molar-refractivity contribution in [1.82, 2.24) is 19.9 Å². The average molecular weight is 281 g/mol. The summed E-state index contributed by atoms with van der Waals surface area (Å²) in [5.74, 6) is 6.12. The lowest BCUT2D eigenvalue weighted by Crippen LogP contribution is -2.10. The molecule has 3 heterocycles. The molecular weight excluding hydrogens is 270 g/mol. The van der Waals surface area contributed by atoms with Gasteiger partial charge in [-0.3, -0.25) is 4.79 Å². The van der Waals surface area contributed by atoms with E-state index in [1.807, 2.05) is 18.2 Å². The topological polar surface area (TPSA) is 125 Å². The third-order valence-corrected chi connectivity index (χ3v) is 3.52. The van der Waals surface area contributed by atoms with Crippen molar-refractivity contribution in [2.24, 2.45) is 0 Å². The fourth-order valence-corrected chi connectivity index (χ4v) is 2.57. The van der Waals surface area contributed by atoms with Crippen LogP contribution in [0.5, 0.6) is 0 Å². The van der Waals surface area contributed by atoms with Crippen molar-refractivity contribution >= 4 is 28.4 Å². The fraction of sp³-hybridized carbons (Fsp3) is 0.0769. The van der Waals surface area contributed by atoms with Crippen molar-refractivity contribution in [1.29, 1.82) is 0 Å².